The number of anilines is 2. The summed E-state index contributed by atoms with van der Waals surface area (Å²) in [6, 6.07) is 3.09. The quantitative estimate of drug-likeness (QED) is 0.897. The van der Waals surface area contributed by atoms with Gasteiger partial charge < -0.3 is 15.3 Å². The van der Waals surface area contributed by atoms with Crippen LogP contribution in [0.5, 0.6) is 0 Å². The number of hydrogen-bond acceptors (Lipinski definition) is 3. The van der Waals surface area contributed by atoms with E-state index in [-0.39, 0.29) is 17.4 Å². The van der Waals surface area contributed by atoms with Crippen molar-refractivity contribution in [3.8, 4) is 0 Å². The van der Waals surface area contributed by atoms with E-state index in [2.05, 4.69) is 5.32 Å². The molecule has 1 heterocycles. The van der Waals surface area contributed by atoms with Crippen LogP contribution in [0.2, 0.25) is 5.02 Å². The van der Waals surface area contributed by atoms with Crippen LogP contribution in [0, 0.1) is 5.92 Å². The first-order chi connectivity index (χ1) is 10.1. The number of carbonyl (C=O) groups excluding carboxylic acids is 1. The predicted octanol–water partition coefficient (Wildman–Crippen LogP) is 2.99. The van der Waals surface area contributed by atoms with Crippen molar-refractivity contribution >= 4 is 34.9 Å². The molecule has 0 aromatic heterocycles. The Labute approximate surface area is 127 Å². The van der Waals surface area contributed by atoms with Gasteiger partial charge in [-0.3, -0.25) is 4.79 Å². The minimum atomic E-state index is -1.00. The number of benzene rings is 1. The number of carbonyl (C=O) groups is 2. The number of aromatic carboxylic acids is 1. The third kappa shape index (κ3) is 2.83. The van der Waals surface area contributed by atoms with Crippen molar-refractivity contribution < 1.29 is 14.7 Å². The van der Waals surface area contributed by atoms with Gasteiger partial charge in [-0.05, 0) is 37.8 Å². The first kappa shape index (κ1) is 14.2. The lowest BCUT2D eigenvalue weighted by Crippen LogP contribution is -2.22. The van der Waals surface area contributed by atoms with Crippen molar-refractivity contribution in [3.63, 3.8) is 0 Å². The number of amides is 1. The number of nitrogens with one attached hydrogen (secondary N) is 1. The van der Waals surface area contributed by atoms with Crippen LogP contribution in [0.3, 0.4) is 0 Å². The molecule has 21 heavy (non-hydrogen) atoms. The fraction of sp³-hybridized carbons (Fsp3) is 0.467. The van der Waals surface area contributed by atoms with Gasteiger partial charge in [0.15, 0.2) is 0 Å². The molecule has 1 aromatic carbocycles. The third-order valence-electron chi connectivity index (χ3n) is 3.97. The molecule has 1 aliphatic carbocycles. The number of carboxylic acid groups (broad SMARTS) is 1. The molecule has 5 nitrogen and oxygen atoms in total. The topological polar surface area (TPSA) is 69.6 Å². The van der Waals surface area contributed by atoms with Crippen LogP contribution in [0.1, 0.15) is 36.0 Å². The van der Waals surface area contributed by atoms with Crippen LogP contribution in [0.25, 0.3) is 0 Å². The zero-order valence-electron chi connectivity index (χ0n) is 11.6. The van der Waals surface area contributed by atoms with Crippen LogP contribution in [-0.4, -0.2) is 30.1 Å². The molecule has 1 aliphatic heterocycles. The lowest BCUT2D eigenvalue weighted by atomic mass is 10.1. The van der Waals surface area contributed by atoms with E-state index >= 15 is 0 Å². The second-order valence-corrected chi connectivity index (χ2v) is 5.96. The van der Waals surface area contributed by atoms with Crippen LogP contribution in [0.15, 0.2) is 12.1 Å². The Balaban J connectivity index is 1.96. The third-order valence-corrected chi connectivity index (χ3v) is 4.36. The fourth-order valence-corrected chi connectivity index (χ4v) is 3.00. The Morgan fingerprint density at radius 2 is 1.90 bits per heavy atom. The van der Waals surface area contributed by atoms with E-state index in [1.807, 2.05) is 4.90 Å². The van der Waals surface area contributed by atoms with E-state index in [0.29, 0.717) is 16.4 Å². The van der Waals surface area contributed by atoms with E-state index in [9.17, 15) is 14.7 Å². The minimum Gasteiger partial charge on any atom is -0.478 e. The average molecular weight is 309 g/mol. The molecule has 6 heteroatoms. The lowest BCUT2D eigenvalue weighted by Gasteiger charge is -2.23. The number of hydrogen-bond donors (Lipinski definition) is 2. The van der Waals surface area contributed by atoms with Crippen molar-refractivity contribution in [2.75, 3.05) is 23.3 Å². The largest absolute Gasteiger partial charge is 0.478 e. The molecule has 0 bridgehead atoms. The maximum absolute atomic E-state index is 11.9. The summed E-state index contributed by atoms with van der Waals surface area (Å²) in [5.74, 6) is -0.957. The van der Waals surface area contributed by atoms with E-state index in [1.165, 1.54) is 6.07 Å². The van der Waals surface area contributed by atoms with E-state index in [1.54, 1.807) is 6.07 Å². The highest BCUT2D eigenvalue weighted by molar-refractivity contribution is 6.37. The SMILES string of the molecule is O=C(O)c1ccc(NC(=O)C2CC2)c(Cl)c1N1CCCC1. The normalized spacial score (nSPS) is 17.9. The highest BCUT2D eigenvalue weighted by atomic mass is 35.5. The summed E-state index contributed by atoms with van der Waals surface area (Å²) in [6.07, 6.45) is 3.87. The summed E-state index contributed by atoms with van der Waals surface area (Å²) in [7, 11) is 0. The molecule has 0 radical (unpaired) electrons. The molecule has 0 spiro atoms. The molecule has 1 saturated heterocycles. The standard InChI is InChI=1S/C15H17ClN2O3/c16-12-11(17-14(19)9-3-4-9)6-5-10(15(20)21)13(12)18-7-1-2-8-18/h5-6,9H,1-4,7-8H2,(H,17,19)(H,20,21). The number of carboxylic acids is 1. The minimum absolute atomic E-state index is 0.0349. The number of rotatable bonds is 4. The zero-order chi connectivity index (χ0) is 15.0. The zero-order valence-corrected chi connectivity index (χ0v) is 12.3. The van der Waals surface area contributed by atoms with Gasteiger partial charge in [-0.1, -0.05) is 11.6 Å². The van der Waals surface area contributed by atoms with Gasteiger partial charge in [-0.2, -0.15) is 0 Å². The summed E-state index contributed by atoms with van der Waals surface area (Å²) in [5.41, 5.74) is 1.21. The van der Waals surface area contributed by atoms with Gasteiger partial charge in [0.25, 0.3) is 0 Å². The van der Waals surface area contributed by atoms with Crippen LogP contribution in [-0.2, 0) is 4.79 Å². The van der Waals surface area contributed by atoms with Crippen molar-refractivity contribution in [3.05, 3.63) is 22.7 Å². The van der Waals surface area contributed by atoms with Crippen LogP contribution >= 0.6 is 11.6 Å². The van der Waals surface area contributed by atoms with Gasteiger partial charge >= 0.3 is 5.97 Å². The second-order valence-electron chi connectivity index (χ2n) is 5.59. The molecule has 112 valence electrons. The smallest absolute Gasteiger partial charge is 0.337 e. The Morgan fingerprint density at radius 1 is 1.24 bits per heavy atom. The maximum atomic E-state index is 11.9. The molecular formula is C15H17ClN2O3. The van der Waals surface area contributed by atoms with Crippen LogP contribution in [0.4, 0.5) is 11.4 Å². The average Bonchev–Trinajstić information content (AvgIpc) is 3.17. The molecule has 0 unspecified atom stereocenters. The predicted molar refractivity (Wildman–Crippen MR) is 81.2 cm³/mol. The monoisotopic (exact) mass is 308 g/mol. The first-order valence-electron chi connectivity index (χ1n) is 7.19. The summed E-state index contributed by atoms with van der Waals surface area (Å²) >= 11 is 6.39. The maximum Gasteiger partial charge on any atom is 0.337 e. The van der Waals surface area contributed by atoms with Crippen molar-refractivity contribution in [1.29, 1.82) is 0 Å². The summed E-state index contributed by atoms with van der Waals surface area (Å²) < 4.78 is 0. The van der Waals surface area contributed by atoms with Gasteiger partial charge in [0.05, 0.1) is 22.0 Å². The Bertz CT molecular complexity index is 593. The van der Waals surface area contributed by atoms with Gasteiger partial charge in [0, 0.05) is 19.0 Å². The molecular weight excluding hydrogens is 292 g/mol. The first-order valence-corrected chi connectivity index (χ1v) is 7.57. The molecule has 1 aromatic rings. The fourth-order valence-electron chi connectivity index (χ4n) is 2.66. The number of halogens is 1. The van der Waals surface area contributed by atoms with Gasteiger partial charge in [-0.15, -0.1) is 0 Å². The van der Waals surface area contributed by atoms with Crippen LogP contribution < -0.4 is 10.2 Å². The van der Waals surface area contributed by atoms with Gasteiger partial charge in [0.1, 0.15) is 0 Å². The molecule has 2 fully saturated rings. The summed E-state index contributed by atoms with van der Waals surface area (Å²) in [5, 5.41) is 12.5. The second kappa shape index (κ2) is 5.56. The molecule has 0 atom stereocenters. The molecule has 3 rings (SSSR count). The van der Waals surface area contributed by atoms with Gasteiger partial charge in [0.2, 0.25) is 5.91 Å². The molecule has 2 N–H and O–H groups in total. The summed E-state index contributed by atoms with van der Waals surface area (Å²) in [4.78, 5) is 25.3. The van der Waals surface area contributed by atoms with Crippen molar-refractivity contribution in [2.45, 2.75) is 25.7 Å². The van der Waals surface area contributed by atoms with Crippen molar-refractivity contribution in [1.82, 2.24) is 0 Å². The highest BCUT2D eigenvalue weighted by Crippen LogP contribution is 2.39. The molecule has 1 amide bonds. The van der Waals surface area contributed by atoms with E-state index in [0.717, 1.165) is 38.8 Å². The Hall–Kier alpha value is -1.75. The highest BCUT2D eigenvalue weighted by Gasteiger charge is 2.31. The Morgan fingerprint density at radius 3 is 2.48 bits per heavy atom. The Kier molecular flexibility index (Phi) is 3.76. The van der Waals surface area contributed by atoms with Crippen molar-refractivity contribution in [2.24, 2.45) is 5.92 Å². The van der Waals surface area contributed by atoms with E-state index < -0.39 is 5.97 Å². The molecule has 1 saturated carbocycles. The lowest BCUT2D eigenvalue weighted by molar-refractivity contribution is -0.117. The molecule has 2 aliphatic rings. The number of nitrogens with zero attached hydrogens (tertiary/aromatic N) is 1. The van der Waals surface area contributed by atoms with Gasteiger partial charge in [-0.25, -0.2) is 4.79 Å². The van der Waals surface area contributed by atoms with E-state index in [4.69, 9.17) is 11.6 Å². The summed E-state index contributed by atoms with van der Waals surface area (Å²) in [6.45, 7) is 1.58.